The van der Waals surface area contributed by atoms with Crippen LogP contribution in [-0.4, -0.2) is 16.5 Å². The van der Waals surface area contributed by atoms with Gasteiger partial charge >= 0.3 is 0 Å². The van der Waals surface area contributed by atoms with Crippen molar-refractivity contribution < 1.29 is 8.42 Å². The number of aryl methyl sites for hydroxylation is 1. The van der Waals surface area contributed by atoms with E-state index < -0.39 is 23.5 Å². The summed E-state index contributed by atoms with van der Waals surface area (Å²) in [7, 11) is -5.97. The van der Waals surface area contributed by atoms with Crippen LogP contribution in [0.25, 0.3) is 11.1 Å². The molecule has 3 aromatic rings. The van der Waals surface area contributed by atoms with Crippen LogP contribution in [0.4, 0.5) is 0 Å². The van der Waals surface area contributed by atoms with Gasteiger partial charge in [-0.15, -0.1) is 0 Å². The summed E-state index contributed by atoms with van der Waals surface area (Å²) in [6.45, 7) is 8.32. The van der Waals surface area contributed by atoms with Gasteiger partial charge in [0.05, 0.1) is 10.2 Å². The van der Waals surface area contributed by atoms with Gasteiger partial charge in [0.15, 0.2) is 5.54 Å². The summed E-state index contributed by atoms with van der Waals surface area (Å²) in [6.07, 6.45) is 0. The molecule has 4 nitrogen and oxygen atoms in total. The fourth-order valence-electron chi connectivity index (χ4n) is 4.60. The van der Waals surface area contributed by atoms with Crippen LogP contribution in [0.1, 0.15) is 16.7 Å². The lowest BCUT2D eigenvalue weighted by atomic mass is 9.88. The minimum atomic E-state index is -3.84. The molecule has 0 radical (unpaired) electrons. The molecular weight excluding hydrogens is 420 g/mol. The summed E-state index contributed by atoms with van der Waals surface area (Å²) in [5.74, 6) is 0. The van der Waals surface area contributed by atoms with Crippen molar-refractivity contribution in [3.63, 3.8) is 0 Å². The number of sulfone groups is 1. The predicted molar refractivity (Wildman–Crippen MR) is 126 cm³/mol. The monoisotopic (exact) mass is 444 g/mol. The summed E-state index contributed by atoms with van der Waals surface area (Å²) in [4.78, 5) is 0.623. The molecule has 0 bridgehead atoms. The average Bonchev–Trinajstić information content (AvgIpc) is 3.28. The smallest absolute Gasteiger partial charge is 0.207 e. The van der Waals surface area contributed by atoms with Crippen molar-refractivity contribution in [1.29, 1.82) is 0 Å². The Morgan fingerprint density at radius 1 is 0.774 bits per heavy atom. The molecule has 0 unspecified atom stereocenters. The molecule has 31 heavy (non-hydrogen) atoms. The van der Waals surface area contributed by atoms with Crippen LogP contribution >= 0.6 is 0 Å². The molecule has 0 aromatic heterocycles. The Kier molecular flexibility index (Phi) is 4.26. The first-order valence-electron chi connectivity index (χ1n) is 10.4. The first-order valence-corrected chi connectivity index (χ1v) is 15.3. The molecule has 0 atom stereocenters. The van der Waals surface area contributed by atoms with E-state index in [1.54, 1.807) is 12.1 Å². The van der Waals surface area contributed by atoms with Gasteiger partial charge in [0.2, 0.25) is 9.84 Å². The lowest BCUT2D eigenvalue weighted by Crippen LogP contribution is -2.33. The molecular formula is C25H24N2O2SSi. The number of azo groups is 1. The third kappa shape index (κ3) is 2.75. The molecule has 1 heterocycles. The highest BCUT2D eigenvalue weighted by atomic mass is 32.2. The van der Waals surface area contributed by atoms with Gasteiger partial charge < -0.3 is 0 Å². The normalized spacial score (nSPS) is 16.6. The Morgan fingerprint density at radius 2 is 1.29 bits per heavy atom. The number of benzene rings is 3. The molecule has 0 saturated carbocycles. The molecule has 156 valence electrons. The van der Waals surface area contributed by atoms with Gasteiger partial charge in [0, 0.05) is 0 Å². The summed E-state index contributed by atoms with van der Waals surface area (Å²) in [6, 6.07) is 23.0. The lowest BCUT2D eigenvalue weighted by Gasteiger charge is -2.28. The van der Waals surface area contributed by atoms with Gasteiger partial charge in [-0.05, 0) is 41.3 Å². The third-order valence-electron chi connectivity index (χ3n) is 6.08. The number of hydrogen-bond acceptors (Lipinski definition) is 4. The highest BCUT2D eigenvalue weighted by Crippen LogP contribution is 2.59. The van der Waals surface area contributed by atoms with E-state index in [9.17, 15) is 8.42 Å². The van der Waals surface area contributed by atoms with E-state index in [2.05, 4.69) is 24.8 Å². The Balaban J connectivity index is 1.90. The van der Waals surface area contributed by atoms with E-state index >= 15 is 0 Å². The largest absolute Gasteiger partial charge is 0.219 e. The molecule has 0 N–H and O–H groups in total. The first-order chi connectivity index (χ1) is 14.7. The average molecular weight is 445 g/mol. The van der Waals surface area contributed by atoms with Crippen molar-refractivity contribution in [2.75, 3.05) is 0 Å². The quantitative estimate of drug-likeness (QED) is 0.448. The molecule has 1 spiro atoms. The molecule has 0 fully saturated rings. The predicted octanol–water partition coefficient (Wildman–Crippen LogP) is 6.25. The minimum absolute atomic E-state index is 0.289. The lowest BCUT2D eigenvalue weighted by molar-refractivity contribution is 0.587. The minimum Gasteiger partial charge on any atom is -0.219 e. The number of hydrogen-bond donors (Lipinski definition) is 0. The number of rotatable bonds is 3. The van der Waals surface area contributed by atoms with Crippen molar-refractivity contribution in [2.45, 2.75) is 37.0 Å². The SMILES string of the molecule is Cc1ccc(S(=O)(=O)C2=C([Si](C)(C)C)N=NC23c2ccccc2-c2ccccc23)cc1. The molecule has 5 rings (SSSR count). The van der Waals surface area contributed by atoms with Crippen molar-refractivity contribution in [3.05, 3.63) is 99.7 Å². The van der Waals surface area contributed by atoms with Gasteiger partial charge in [-0.3, -0.25) is 0 Å². The van der Waals surface area contributed by atoms with Crippen molar-refractivity contribution in [3.8, 4) is 11.1 Å². The zero-order valence-corrected chi connectivity index (χ0v) is 19.9. The summed E-state index contributed by atoms with van der Waals surface area (Å²) in [5, 5.41) is 10.1. The Hall–Kier alpha value is -2.83. The molecule has 2 aliphatic rings. The number of fused-ring (bicyclic) bond motifs is 5. The van der Waals surface area contributed by atoms with E-state index in [1.165, 1.54) is 0 Å². The van der Waals surface area contributed by atoms with E-state index in [4.69, 9.17) is 5.11 Å². The fourth-order valence-corrected chi connectivity index (χ4v) is 8.81. The summed E-state index contributed by atoms with van der Waals surface area (Å²) in [5.41, 5.74) is 3.70. The van der Waals surface area contributed by atoms with Gasteiger partial charge in [0.25, 0.3) is 0 Å². The highest BCUT2D eigenvalue weighted by Gasteiger charge is 2.56. The molecule has 6 heteroatoms. The van der Waals surface area contributed by atoms with E-state index in [1.807, 2.05) is 67.6 Å². The fraction of sp³-hybridized carbons (Fsp3) is 0.200. The summed E-state index contributed by atoms with van der Waals surface area (Å²) < 4.78 is 28.5. The molecule has 1 aliphatic heterocycles. The Labute approximate surface area is 184 Å². The molecule has 3 aromatic carbocycles. The zero-order chi connectivity index (χ0) is 22.0. The molecule has 0 saturated heterocycles. The van der Waals surface area contributed by atoms with Crippen LogP contribution in [-0.2, 0) is 15.4 Å². The molecule has 1 aliphatic carbocycles. The van der Waals surface area contributed by atoms with Gasteiger partial charge in [-0.25, -0.2) is 8.42 Å². The maximum absolute atomic E-state index is 14.2. The van der Waals surface area contributed by atoms with Crippen LogP contribution in [0, 0.1) is 6.92 Å². The zero-order valence-electron chi connectivity index (χ0n) is 18.0. The van der Waals surface area contributed by atoms with Gasteiger partial charge in [-0.1, -0.05) is 85.9 Å². The topological polar surface area (TPSA) is 58.9 Å². The highest BCUT2D eigenvalue weighted by molar-refractivity contribution is 7.95. The van der Waals surface area contributed by atoms with E-state index in [-0.39, 0.29) is 4.90 Å². The molecule has 0 amide bonds. The van der Waals surface area contributed by atoms with Crippen LogP contribution in [0.5, 0.6) is 0 Å². The van der Waals surface area contributed by atoms with E-state index in [0.29, 0.717) is 10.2 Å². The van der Waals surface area contributed by atoms with Crippen molar-refractivity contribution in [2.24, 2.45) is 10.2 Å². The van der Waals surface area contributed by atoms with Crippen molar-refractivity contribution >= 4 is 17.9 Å². The third-order valence-corrected chi connectivity index (χ3v) is 9.95. The standard InChI is InChI=1S/C25H24N2O2SSi/c1-17-13-15-18(16-14-17)30(28,29)23-24(31(2,3)4)26-27-25(23)21-11-7-5-9-19(21)20-10-6-8-12-22(20)25/h5-16H,1-4H3. The Bertz CT molecular complexity index is 1340. The van der Waals surface area contributed by atoms with Crippen LogP contribution in [0.15, 0.2) is 98.1 Å². The van der Waals surface area contributed by atoms with Crippen LogP contribution in [0.3, 0.4) is 0 Å². The second-order valence-corrected chi connectivity index (χ2v) is 16.1. The second kappa shape index (κ2) is 6.58. The Morgan fingerprint density at radius 3 is 1.81 bits per heavy atom. The van der Waals surface area contributed by atoms with Gasteiger partial charge in [-0.2, -0.15) is 10.2 Å². The van der Waals surface area contributed by atoms with Crippen LogP contribution < -0.4 is 0 Å². The number of nitrogens with zero attached hydrogens (tertiary/aromatic N) is 2. The van der Waals surface area contributed by atoms with Crippen molar-refractivity contribution in [1.82, 2.24) is 0 Å². The maximum atomic E-state index is 14.2. The van der Waals surface area contributed by atoms with E-state index in [0.717, 1.165) is 27.8 Å². The summed E-state index contributed by atoms with van der Waals surface area (Å²) >= 11 is 0. The van der Waals surface area contributed by atoms with Crippen LogP contribution in [0.2, 0.25) is 19.6 Å². The maximum Gasteiger partial charge on any atom is 0.207 e. The second-order valence-electron chi connectivity index (χ2n) is 9.25. The first kappa shape index (κ1) is 20.1. The van der Waals surface area contributed by atoms with Gasteiger partial charge in [0.1, 0.15) is 13.0 Å².